The standard InChI is InChI=1S/C21H19ClN2O2.C13H19BN2O3/c1-26-20-10-7-15(12-19(20)16-3-2-4-17(22)13-16)11-14-5-8-18(9-6-14)24-21(23)25;1-12(2)13(3,4)19-14(18-12)9-5-7-10(8-6-9)16-11(15)17/h2-10,12-13H,11H2,1H3,(H3,23,24,25);5-8H,1-4H3,(H3,15,16,17)/i1D3;. The normalized spacial score (nSPS) is 15.8. The Morgan fingerprint density at radius 1 is 0.822 bits per heavy atom. The van der Waals surface area contributed by atoms with E-state index < -0.39 is 26.2 Å². The number of halogens is 1. The molecule has 6 N–H and O–H groups in total. The fraction of sp³-hybridized carbons (Fsp3) is 0.235. The molecule has 0 atom stereocenters. The van der Waals surface area contributed by atoms with Crippen molar-refractivity contribution >= 4 is 47.6 Å². The van der Waals surface area contributed by atoms with E-state index in [-0.39, 0.29) is 17.0 Å². The van der Waals surface area contributed by atoms with Gasteiger partial charge in [0.15, 0.2) is 0 Å². The summed E-state index contributed by atoms with van der Waals surface area (Å²) in [5.41, 5.74) is 15.0. The summed E-state index contributed by atoms with van der Waals surface area (Å²) < 4.78 is 39.3. The number of anilines is 2. The molecule has 0 unspecified atom stereocenters. The van der Waals surface area contributed by atoms with Crippen molar-refractivity contribution in [1.29, 1.82) is 0 Å². The molecule has 1 heterocycles. The van der Waals surface area contributed by atoms with E-state index in [1.54, 1.807) is 48.5 Å². The molecule has 4 aromatic carbocycles. The number of methoxy groups -OCH3 is 1. The van der Waals surface area contributed by atoms with Crippen LogP contribution in [-0.4, -0.2) is 37.4 Å². The van der Waals surface area contributed by atoms with Gasteiger partial charge in [-0.05, 0) is 105 Å². The van der Waals surface area contributed by atoms with Crippen molar-refractivity contribution in [2.45, 2.75) is 45.3 Å². The van der Waals surface area contributed by atoms with E-state index in [0.717, 1.165) is 22.2 Å². The molecule has 0 aliphatic carbocycles. The van der Waals surface area contributed by atoms with Gasteiger partial charge < -0.3 is 36.1 Å². The van der Waals surface area contributed by atoms with E-state index in [0.29, 0.717) is 28.4 Å². The molecule has 4 aromatic rings. The van der Waals surface area contributed by atoms with Gasteiger partial charge in [0.2, 0.25) is 0 Å². The first-order valence-corrected chi connectivity index (χ1v) is 14.5. The zero-order chi connectivity index (χ0) is 35.3. The first-order valence-electron chi connectivity index (χ1n) is 15.7. The predicted molar refractivity (Wildman–Crippen MR) is 181 cm³/mol. The summed E-state index contributed by atoms with van der Waals surface area (Å²) in [5.74, 6) is 0.261. The summed E-state index contributed by atoms with van der Waals surface area (Å²) in [6.07, 6.45) is 0.610. The number of nitrogens with two attached hydrogens (primary N) is 2. The van der Waals surface area contributed by atoms with Gasteiger partial charge in [-0.25, -0.2) is 9.59 Å². The minimum atomic E-state index is -2.56. The second-order valence-electron chi connectivity index (χ2n) is 11.5. The van der Waals surface area contributed by atoms with Crippen molar-refractivity contribution in [1.82, 2.24) is 0 Å². The number of hydrogen-bond donors (Lipinski definition) is 4. The van der Waals surface area contributed by atoms with Gasteiger partial charge in [0.25, 0.3) is 0 Å². The minimum absolute atomic E-state index is 0.261. The van der Waals surface area contributed by atoms with Gasteiger partial charge in [-0.2, -0.15) is 0 Å². The Labute approximate surface area is 273 Å². The summed E-state index contributed by atoms with van der Waals surface area (Å²) in [6.45, 7) is 8.04. The van der Waals surface area contributed by atoms with Gasteiger partial charge in [0.05, 0.1) is 22.4 Å². The van der Waals surface area contributed by atoms with Crippen LogP contribution in [0.25, 0.3) is 11.1 Å². The summed E-state index contributed by atoms with van der Waals surface area (Å²) in [7, 11) is -2.95. The van der Waals surface area contributed by atoms with Crippen LogP contribution in [0.3, 0.4) is 0 Å². The van der Waals surface area contributed by atoms with Crippen LogP contribution < -0.4 is 32.3 Å². The molecule has 5 rings (SSSR count). The van der Waals surface area contributed by atoms with E-state index in [1.165, 1.54) is 0 Å². The molecule has 0 bridgehead atoms. The van der Waals surface area contributed by atoms with Crippen LogP contribution >= 0.6 is 11.6 Å². The van der Waals surface area contributed by atoms with E-state index in [9.17, 15) is 9.59 Å². The lowest BCUT2D eigenvalue weighted by Crippen LogP contribution is -2.41. The van der Waals surface area contributed by atoms with Crippen LogP contribution in [0.1, 0.15) is 42.9 Å². The van der Waals surface area contributed by atoms with Crippen molar-refractivity contribution < 1.29 is 27.7 Å². The maximum Gasteiger partial charge on any atom is 0.494 e. The van der Waals surface area contributed by atoms with Gasteiger partial charge >= 0.3 is 19.2 Å². The Hall–Kier alpha value is -4.51. The number of hydrogen-bond acceptors (Lipinski definition) is 5. The van der Waals surface area contributed by atoms with Crippen LogP contribution in [0.15, 0.2) is 91.0 Å². The molecule has 0 saturated carbocycles. The van der Waals surface area contributed by atoms with E-state index in [2.05, 4.69) is 10.6 Å². The average Bonchev–Trinajstić information content (AvgIpc) is 3.20. The summed E-state index contributed by atoms with van der Waals surface area (Å²) in [5, 5.41) is 5.58. The topological polar surface area (TPSA) is 138 Å². The minimum Gasteiger partial charge on any atom is -0.496 e. The summed E-state index contributed by atoms with van der Waals surface area (Å²) in [4.78, 5) is 21.7. The predicted octanol–water partition coefficient (Wildman–Crippen LogP) is 6.57. The van der Waals surface area contributed by atoms with Gasteiger partial charge in [-0.15, -0.1) is 0 Å². The zero-order valence-electron chi connectivity index (χ0n) is 28.5. The number of urea groups is 2. The highest BCUT2D eigenvalue weighted by atomic mass is 35.5. The van der Waals surface area contributed by atoms with Crippen LogP contribution in [0, 0.1) is 0 Å². The van der Waals surface area contributed by atoms with Crippen molar-refractivity contribution in [3.05, 3.63) is 107 Å². The monoisotopic (exact) mass is 631 g/mol. The maximum absolute atomic E-state index is 10.9. The van der Waals surface area contributed by atoms with Crippen LogP contribution in [0.4, 0.5) is 21.0 Å². The molecule has 0 spiro atoms. The molecule has 45 heavy (non-hydrogen) atoms. The fourth-order valence-corrected chi connectivity index (χ4v) is 4.78. The molecule has 1 aliphatic heterocycles. The highest BCUT2D eigenvalue weighted by Crippen LogP contribution is 2.36. The lowest BCUT2D eigenvalue weighted by Gasteiger charge is -2.32. The molecule has 9 nitrogen and oxygen atoms in total. The number of primary amides is 2. The van der Waals surface area contributed by atoms with E-state index in [1.807, 2.05) is 70.2 Å². The number of rotatable bonds is 7. The Morgan fingerprint density at radius 3 is 1.91 bits per heavy atom. The lowest BCUT2D eigenvalue weighted by atomic mass is 9.79. The van der Waals surface area contributed by atoms with Crippen molar-refractivity contribution in [3.63, 3.8) is 0 Å². The van der Waals surface area contributed by atoms with Gasteiger partial charge in [0.1, 0.15) is 5.75 Å². The van der Waals surface area contributed by atoms with Crippen LogP contribution in [-0.2, 0) is 15.7 Å². The van der Waals surface area contributed by atoms with Crippen molar-refractivity contribution in [2.24, 2.45) is 11.5 Å². The van der Waals surface area contributed by atoms with Gasteiger partial charge in [-0.3, -0.25) is 0 Å². The van der Waals surface area contributed by atoms with E-state index in [4.69, 9.17) is 41.2 Å². The number of amides is 4. The summed E-state index contributed by atoms with van der Waals surface area (Å²) >= 11 is 6.11. The number of carbonyl (C=O) groups is 2. The number of carbonyl (C=O) groups excluding carboxylic acids is 2. The van der Waals surface area contributed by atoms with Gasteiger partial charge in [0, 0.05) is 22.0 Å². The highest BCUT2D eigenvalue weighted by molar-refractivity contribution is 6.62. The summed E-state index contributed by atoms with van der Waals surface area (Å²) in [6, 6.07) is 25.9. The Bertz CT molecular complexity index is 1740. The Balaban J connectivity index is 0.000000237. The SMILES string of the molecule is CC1(C)OB(c2ccc(NC(N)=O)cc2)OC1(C)C.[2H]C([2H])([2H])Oc1ccc(Cc2ccc(NC(N)=O)cc2)cc1-c1cccc(Cl)c1. The second-order valence-corrected chi connectivity index (χ2v) is 11.9. The van der Waals surface area contributed by atoms with E-state index >= 15 is 0 Å². The number of ether oxygens (including phenoxy) is 1. The molecular formula is C34H38BClN4O5. The van der Waals surface area contributed by atoms with Crippen LogP contribution in [0.5, 0.6) is 5.75 Å². The number of nitrogens with one attached hydrogen (secondary N) is 2. The molecule has 1 saturated heterocycles. The molecule has 0 aromatic heterocycles. The largest absolute Gasteiger partial charge is 0.496 e. The Morgan fingerprint density at radius 2 is 1.38 bits per heavy atom. The smallest absolute Gasteiger partial charge is 0.494 e. The third-order valence-corrected chi connectivity index (χ3v) is 7.86. The third kappa shape index (κ3) is 8.79. The van der Waals surface area contributed by atoms with Crippen LogP contribution in [0.2, 0.25) is 5.02 Å². The quantitative estimate of drug-likeness (QED) is 0.171. The first-order chi connectivity index (χ1) is 22.4. The van der Waals surface area contributed by atoms with Crippen molar-refractivity contribution in [3.8, 4) is 16.9 Å². The number of benzene rings is 4. The second kappa shape index (κ2) is 14.1. The first kappa shape index (κ1) is 29.2. The zero-order valence-corrected chi connectivity index (χ0v) is 26.3. The highest BCUT2D eigenvalue weighted by Gasteiger charge is 2.51. The molecule has 0 radical (unpaired) electrons. The van der Waals surface area contributed by atoms with Gasteiger partial charge in [-0.1, -0.05) is 54.1 Å². The molecule has 1 aliphatic rings. The molecule has 11 heteroatoms. The Kier molecular flexibility index (Phi) is 9.14. The van der Waals surface area contributed by atoms with Crippen molar-refractivity contribution in [2.75, 3.05) is 17.7 Å². The third-order valence-electron chi connectivity index (χ3n) is 7.62. The maximum atomic E-state index is 10.9. The molecule has 1 fully saturated rings. The fourth-order valence-electron chi connectivity index (χ4n) is 4.59. The molecular weight excluding hydrogens is 591 g/mol. The average molecular weight is 632 g/mol. The lowest BCUT2D eigenvalue weighted by molar-refractivity contribution is 0.00578. The molecule has 4 amide bonds. The molecule has 234 valence electrons.